The fourth-order valence-electron chi connectivity index (χ4n) is 2.26. The molecule has 5 nitrogen and oxygen atoms in total. The van der Waals surface area contributed by atoms with E-state index in [1.54, 1.807) is 0 Å². The van der Waals surface area contributed by atoms with Crippen LogP contribution in [0.3, 0.4) is 0 Å². The van der Waals surface area contributed by atoms with Gasteiger partial charge in [-0.1, -0.05) is 12.8 Å². The van der Waals surface area contributed by atoms with Crippen molar-refractivity contribution in [3.63, 3.8) is 0 Å². The number of nitrogens with one attached hydrogen (secondary N) is 1. The standard InChI is InChI=1S/C12H15FN2O3/c13-8-5-6-9(11(7-8)15(17)18)14-10-3-1-2-4-12(10)16/h5-7,10,12,14,16H,1-4H2. The quantitative estimate of drug-likeness (QED) is 0.641. The molecule has 1 fully saturated rings. The lowest BCUT2D eigenvalue weighted by atomic mass is 9.92. The summed E-state index contributed by atoms with van der Waals surface area (Å²) in [5, 5.41) is 23.6. The van der Waals surface area contributed by atoms with Crippen molar-refractivity contribution in [2.45, 2.75) is 37.8 Å². The highest BCUT2D eigenvalue weighted by Gasteiger charge is 2.25. The molecule has 0 amide bonds. The first-order valence-corrected chi connectivity index (χ1v) is 5.96. The Kier molecular flexibility index (Phi) is 3.76. The fourth-order valence-corrected chi connectivity index (χ4v) is 2.26. The highest BCUT2D eigenvalue weighted by molar-refractivity contribution is 5.62. The van der Waals surface area contributed by atoms with E-state index in [0.29, 0.717) is 6.42 Å². The van der Waals surface area contributed by atoms with Crippen molar-refractivity contribution in [3.05, 3.63) is 34.1 Å². The molecule has 2 atom stereocenters. The van der Waals surface area contributed by atoms with Gasteiger partial charge in [-0.25, -0.2) is 4.39 Å². The van der Waals surface area contributed by atoms with Crippen LogP contribution in [0.2, 0.25) is 0 Å². The maximum absolute atomic E-state index is 13.0. The lowest BCUT2D eigenvalue weighted by Gasteiger charge is -2.29. The summed E-state index contributed by atoms with van der Waals surface area (Å²) in [7, 11) is 0. The summed E-state index contributed by atoms with van der Waals surface area (Å²) in [6, 6.07) is 3.19. The summed E-state index contributed by atoms with van der Waals surface area (Å²) in [4.78, 5) is 10.2. The summed E-state index contributed by atoms with van der Waals surface area (Å²) in [6.45, 7) is 0. The zero-order valence-electron chi connectivity index (χ0n) is 9.80. The van der Waals surface area contributed by atoms with Crippen molar-refractivity contribution in [2.24, 2.45) is 0 Å². The van der Waals surface area contributed by atoms with Crippen LogP contribution in [0.25, 0.3) is 0 Å². The van der Waals surface area contributed by atoms with Gasteiger partial charge in [-0.3, -0.25) is 10.1 Å². The number of anilines is 1. The van der Waals surface area contributed by atoms with Crippen LogP contribution in [0, 0.1) is 15.9 Å². The van der Waals surface area contributed by atoms with Gasteiger partial charge in [-0.2, -0.15) is 0 Å². The molecule has 0 aliphatic heterocycles. The van der Waals surface area contributed by atoms with E-state index in [-0.39, 0.29) is 17.4 Å². The third kappa shape index (κ3) is 2.76. The molecule has 6 heteroatoms. The third-order valence-corrected chi connectivity index (χ3v) is 3.23. The molecule has 2 unspecified atom stereocenters. The summed E-state index contributed by atoms with van der Waals surface area (Å²) >= 11 is 0. The Morgan fingerprint density at radius 2 is 2.11 bits per heavy atom. The largest absolute Gasteiger partial charge is 0.391 e. The van der Waals surface area contributed by atoms with Gasteiger partial charge in [0.25, 0.3) is 5.69 Å². The van der Waals surface area contributed by atoms with E-state index in [0.717, 1.165) is 25.3 Å². The molecule has 0 saturated heterocycles. The van der Waals surface area contributed by atoms with Crippen molar-refractivity contribution < 1.29 is 14.4 Å². The van der Waals surface area contributed by atoms with Gasteiger partial charge in [0.05, 0.1) is 23.1 Å². The van der Waals surface area contributed by atoms with Crippen molar-refractivity contribution in [2.75, 3.05) is 5.32 Å². The third-order valence-electron chi connectivity index (χ3n) is 3.23. The minimum Gasteiger partial charge on any atom is -0.391 e. The van der Waals surface area contributed by atoms with Crippen LogP contribution in [0.15, 0.2) is 18.2 Å². The smallest absolute Gasteiger partial charge is 0.295 e. The SMILES string of the molecule is O=[N+]([O-])c1cc(F)ccc1NC1CCCCC1O. The van der Waals surface area contributed by atoms with Crippen LogP contribution in [0.5, 0.6) is 0 Å². The molecule has 2 rings (SSSR count). The number of nitrogens with zero attached hydrogens (tertiary/aromatic N) is 1. The lowest BCUT2D eigenvalue weighted by Crippen LogP contribution is -2.36. The van der Waals surface area contributed by atoms with Gasteiger partial charge in [0.2, 0.25) is 0 Å². The van der Waals surface area contributed by atoms with Crippen LogP contribution in [0.4, 0.5) is 15.8 Å². The van der Waals surface area contributed by atoms with Crippen molar-refractivity contribution >= 4 is 11.4 Å². The number of benzene rings is 1. The molecule has 1 saturated carbocycles. The molecule has 1 aliphatic rings. The Morgan fingerprint density at radius 1 is 1.39 bits per heavy atom. The first-order valence-electron chi connectivity index (χ1n) is 5.96. The van der Waals surface area contributed by atoms with Crippen molar-refractivity contribution in [3.8, 4) is 0 Å². The molecule has 1 aliphatic carbocycles. The molecular weight excluding hydrogens is 239 g/mol. The summed E-state index contributed by atoms with van der Waals surface area (Å²) in [6.07, 6.45) is 2.88. The zero-order chi connectivity index (χ0) is 13.1. The summed E-state index contributed by atoms with van der Waals surface area (Å²) < 4.78 is 13.0. The number of aliphatic hydroxyl groups excluding tert-OH is 1. The Hall–Kier alpha value is -1.69. The van der Waals surface area contributed by atoms with E-state index in [9.17, 15) is 19.6 Å². The van der Waals surface area contributed by atoms with Crippen molar-refractivity contribution in [1.29, 1.82) is 0 Å². The monoisotopic (exact) mass is 254 g/mol. The second-order valence-corrected chi connectivity index (χ2v) is 4.52. The maximum atomic E-state index is 13.0. The van der Waals surface area contributed by atoms with Crippen LogP contribution < -0.4 is 5.32 Å². The zero-order valence-corrected chi connectivity index (χ0v) is 9.80. The van der Waals surface area contributed by atoms with Gasteiger partial charge in [-0.05, 0) is 25.0 Å². The number of halogens is 1. The molecule has 1 aromatic rings. The average molecular weight is 254 g/mol. The predicted molar refractivity (Wildman–Crippen MR) is 64.9 cm³/mol. The summed E-state index contributed by atoms with van der Waals surface area (Å²) in [5.41, 5.74) is -0.0416. The molecule has 0 bridgehead atoms. The normalized spacial score (nSPS) is 23.7. The van der Waals surface area contributed by atoms with Crippen LogP contribution in [0.1, 0.15) is 25.7 Å². The van der Waals surface area contributed by atoms with Gasteiger partial charge in [0.15, 0.2) is 0 Å². The Bertz CT molecular complexity index is 453. The molecule has 0 radical (unpaired) electrons. The Balaban J connectivity index is 2.20. The number of hydrogen-bond donors (Lipinski definition) is 2. The van der Waals surface area contributed by atoms with Gasteiger partial charge in [-0.15, -0.1) is 0 Å². The van der Waals surface area contributed by atoms with Gasteiger partial charge in [0.1, 0.15) is 11.5 Å². The fraction of sp³-hybridized carbons (Fsp3) is 0.500. The minimum atomic E-state index is -0.642. The number of rotatable bonds is 3. The molecule has 0 spiro atoms. The van der Waals surface area contributed by atoms with Gasteiger partial charge < -0.3 is 10.4 Å². The number of aliphatic hydroxyl groups is 1. The number of nitro benzene ring substituents is 1. The average Bonchev–Trinajstić information content (AvgIpc) is 2.34. The van der Waals surface area contributed by atoms with Gasteiger partial charge >= 0.3 is 0 Å². The molecule has 0 heterocycles. The molecule has 2 N–H and O–H groups in total. The second kappa shape index (κ2) is 5.30. The first kappa shape index (κ1) is 12.8. The van der Waals surface area contributed by atoms with Crippen LogP contribution in [-0.4, -0.2) is 22.2 Å². The second-order valence-electron chi connectivity index (χ2n) is 4.52. The highest BCUT2D eigenvalue weighted by Crippen LogP contribution is 2.29. The molecule has 98 valence electrons. The number of nitro groups is 1. The summed E-state index contributed by atoms with van der Waals surface area (Å²) in [5.74, 6) is -0.642. The van der Waals surface area contributed by atoms with Gasteiger partial charge in [0, 0.05) is 0 Å². The van der Waals surface area contributed by atoms with E-state index in [2.05, 4.69) is 5.32 Å². The van der Waals surface area contributed by atoms with Crippen LogP contribution >= 0.6 is 0 Å². The maximum Gasteiger partial charge on any atom is 0.295 e. The highest BCUT2D eigenvalue weighted by atomic mass is 19.1. The van der Waals surface area contributed by atoms with E-state index in [4.69, 9.17) is 0 Å². The molecular formula is C12H15FN2O3. The van der Waals surface area contributed by atoms with E-state index >= 15 is 0 Å². The molecule has 0 aromatic heterocycles. The van der Waals surface area contributed by atoms with E-state index in [1.807, 2.05) is 0 Å². The molecule has 1 aromatic carbocycles. The molecule has 18 heavy (non-hydrogen) atoms. The van der Waals surface area contributed by atoms with E-state index in [1.165, 1.54) is 12.1 Å². The Morgan fingerprint density at radius 3 is 2.78 bits per heavy atom. The topological polar surface area (TPSA) is 75.4 Å². The minimum absolute atomic E-state index is 0.206. The van der Waals surface area contributed by atoms with E-state index < -0.39 is 16.8 Å². The first-order chi connectivity index (χ1) is 8.58. The predicted octanol–water partition coefficient (Wildman–Crippen LogP) is 2.45. The van der Waals surface area contributed by atoms with Crippen LogP contribution in [-0.2, 0) is 0 Å². The Labute approximate surface area is 104 Å². The lowest BCUT2D eigenvalue weighted by molar-refractivity contribution is -0.384. The number of hydrogen-bond acceptors (Lipinski definition) is 4. The van der Waals surface area contributed by atoms with Crippen molar-refractivity contribution in [1.82, 2.24) is 0 Å².